The number of hydrogen-bond acceptors (Lipinski definition) is 13. The van der Waals surface area contributed by atoms with E-state index in [9.17, 15) is 43.5 Å². The maximum Gasteiger partial charge on any atom is 0.408 e. The molecule has 0 bridgehead atoms. The number of ether oxygens (including phenoxy) is 2. The number of aliphatic hydroxyl groups is 1. The molecule has 2 fully saturated rings. The minimum Gasteiger partial charge on any atom is -0.490 e. The molecule has 8 amide bonds. The lowest BCUT2D eigenvalue weighted by atomic mass is 9.85. The molecule has 22 heteroatoms. The van der Waals surface area contributed by atoms with Gasteiger partial charge in [-0.25, -0.2) is 9.78 Å². The van der Waals surface area contributed by atoms with Gasteiger partial charge in [-0.15, -0.1) is 11.3 Å². The number of nitrogens with two attached hydrogens (primary N) is 1. The number of benzene rings is 2. The van der Waals surface area contributed by atoms with Gasteiger partial charge >= 0.3 is 6.09 Å². The number of aromatic nitrogens is 1. The Kier molecular flexibility index (Phi) is 19.9. The van der Waals surface area contributed by atoms with Gasteiger partial charge in [-0.1, -0.05) is 74.8 Å². The third-order valence-corrected chi connectivity index (χ3v) is 15.1. The molecule has 20 nitrogen and oxygen atoms in total. The van der Waals surface area contributed by atoms with Crippen LogP contribution in [0.1, 0.15) is 123 Å². The summed E-state index contributed by atoms with van der Waals surface area (Å²) in [5.74, 6) is -3.01. The quantitative estimate of drug-likeness (QED) is 0.0902. The number of likely N-dealkylation sites (tertiary alicyclic amines) is 1. The molecule has 3 aliphatic heterocycles. The van der Waals surface area contributed by atoms with Crippen molar-refractivity contribution in [2.75, 3.05) is 26.2 Å². The van der Waals surface area contributed by atoms with Crippen molar-refractivity contribution in [3.8, 4) is 16.2 Å². The van der Waals surface area contributed by atoms with Gasteiger partial charge in [-0.2, -0.15) is 0 Å². The fraction of sp³-hybridized carbons (Fsp3) is 0.545. The summed E-state index contributed by atoms with van der Waals surface area (Å²) >= 11 is 8.43. The van der Waals surface area contributed by atoms with Crippen molar-refractivity contribution < 1.29 is 52.9 Å². The van der Waals surface area contributed by atoms with Crippen molar-refractivity contribution in [2.24, 2.45) is 11.1 Å². The first-order valence-corrected chi connectivity index (χ1v) is 27.3. The molecular formula is C55H74ClN9O11S. The van der Waals surface area contributed by atoms with E-state index >= 15 is 0 Å². The molecular weight excluding hydrogens is 1030 g/mol. The van der Waals surface area contributed by atoms with Crippen LogP contribution in [0.3, 0.4) is 0 Å². The number of aryl methyl sites for hydroxylation is 2. The molecule has 0 unspecified atom stereocenters. The first-order valence-electron chi connectivity index (χ1n) is 26.0. The Labute approximate surface area is 459 Å². The number of aliphatic hydroxyl groups excluding tert-OH is 1. The van der Waals surface area contributed by atoms with Gasteiger partial charge in [0.15, 0.2) is 0 Å². The molecule has 0 radical (unpaired) electrons. The first-order chi connectivity index (χ1) is 36.2. The smallest absolute Gasteiger partial charge is 0.408 e. The second-order valence-electron chi connectivity index (χ2n) is 22.1. The number of nitrogens with one attached hydrogen (secondary N) is 4. The van der Waals surface area contributed by atoms with Crippen LogP contribution in [0.25, 0.3) is 10.4 Å². The highest BCUT2D eigenvalue weighted by Crippen LogP contribution is 2.33. The summed E-state index contributed by atoms with van der Waals surface area (Å²) in [6.45, 7) is 15.6. The zero-order valence-corrected chi connectivity index (χ0v) is 47.0. The minimum absolute atomic E-state index is 0.0258. The van der Waals surface area contributed by atoms with Gasteiger partial charge in [0, 0.05) is 51.4 Å². The highest BCUT2D eigenvalue weighted by molar-refractivity contribution is 7.13. The molecule has 418 valence electrons. The number of thiazole rings is 1. The zero-order chi connectivity index (χ0) is 56.5. The summed E-state index contributed by atoms with van der Waals surface area (Å²) in [5, 5.41) is 22.5. The number of halogens is 1. The van der Waals surface area contributed by atoms with Crippen molar-refractivity contribution >= 4 is 70.4 Å². The molecule has 1 aromatic heterocycles. The SMILES string of the molecule is CC(=O)N1CCC2=CC[C@@H](C(=O)N[C@@H](CCC(N)=O)COc3cccc(CCCC(=O)N[C@H](C(=O)N4C[C@H](O)C[C@H]4C(=O)N[C@@H](C)c4ccc(-c5scnc5C)cc4)C(C)(C)C)c3Cl)N2C(=O)[C@@H](NC(=O)OC(C)(C)C)C1. The van der Waals surface area contributed by atoms with Crippen molar-refractivity contribution in [3.63, 3.8) is 0 Å². The summed E-state index contributed by atoms with van der Waals surface area (Å²) in [7, 11) is 0. The number of β-amino-alcohol motifs (C(OH)–C–C–N with tert-alkyl or cyclic N) is 1. The fourth-order valence-electron chi connectivity index (χ4n) is 9.59. The number of primary amides is 1. The summed E-state index contributed by atoms with van der Waals surface area (Å²) < 4.78 is 11.6. The van der Waals surface area contributed by atoms with Gasteiger partial charge in [-0.3, -0.25) is 33.6 Å². The molecule has 7 atom stereocenters. The van der Waals surface area contributed by atoms with E-state index in [4.69, 9.17) is 26.8 Å². The van der Waals surface area contributed by atoms with Crippen LogP contribution in [-0.4, -0.2) is 140 Å². The lowest BCUT2D eigenvalue weighted by Gasteiger charge is -2.37. The number of carbonyl (C=O) groups is 8. The average molecular weight is 1100 g/mol. The van der Waals surface area contributed by atoms with E-state index in [1.807, 2.05) is 58.9 Å². The Morgan fingerprint density at radius 3 is 2.29 bits per heavy atom. The van der Waals surface area contributed by atoms with Crippen molar-refractivity contribution in [1.29, 1.82) is 0 Å². The van der Waals surface area contributed by atoms with Gasteiger partial charge in [0.2, 0.25) is 35.4 Å². The van der Waals surface area contributed by atoms with Gasteiger partial charge in [-0.05, 0) is 88.5 Å². The third-order valence-electron chi connectivity index (χ3n) is 13.7. The number of carbonyl (C=O) groups excluding carboxylic acids is 8. The minimum atomic E-state index is -1.22. The second-order valence-corrected chi connectivity index (χ2v) is 23.3. The van der Waals surface area contributed by atoms with E-state index < -0.39 is 94.9 Å². The fourth-order valence-corrected chi connectivity index (χ4v) is 10.7. The van der Waals surface area contributed by atoms with Crippen LogP contribution in [0.4, 0.5) is 4.79 Å². The van der Waals surface area contributed by atoms with E-state index in [1.165, 1.54) is 21.6 Å². The standard InChI is InChI=1S/C55H74ClN9O11S/c1-31(34-16-18-36(19-17-34)47-32(2)58-30-77-47)59-50(71)42-26-39(67)27-64(42)52(73)48(54(4,5)6)62-45(69)15-11-13-35-12-10-14-43(46(35)56)75-29-37(20-23-44(57)68)60-49(70)41-22-21-38-24-25-63(33(3)66)28-40(51(72)65(38)41)61-53(74)76-55(7,8)9/h10,12,14,16-19,21,30-31,37,39-42,48,67H,11,13,15,20,22-29H2,1-9H3,(H2,57,68)(H,59,71)(H,60,70)(H,61,74)(H,62,69)/t31-,37-,39+,40-,41-,42-,48+/m0/s1. The van der Waals surface area contributed by atoms with Gasteiger partial charge in [0.05, 0.1) is 45.8 Å². The van der Waals surface area contributed by atoms with Crippen molar-refractivity contribution in [2.45, 2.75) is 162 Å². The van der Waals surface area contributed by atoms with Crippen molar-refractivity contribution in [1.82, 2.24) is 41.0 Å². The average Bonchev–Trinajstić information content (AvgIpc) is 4.12. The molecule has 6 rings (SSSR count). The van der Waals surface area contributed by atoms with Crippen molar-refractivity contribution in [3.05, 3.63) is 81.6 Å². The number of nitrogens with zero attached hydrogens (tertiary/aromatic N) is 4. The zero-order valence-electron chi connectivity index (χ0n) is 45.4. The number of amides is 8. The van der Waals surface area contributed by atoms with E-state index in [2.05, 4.69) is 26.3 Å². The molecule has 4 heterocycles. The van der Waals surface area contributed by atoms with Crippen LogP contribution in [0, 0.1) is 12.3 Å². The predicted molar refractivity (Wildman–Crippen MR) is 290 cm³/mol. The highest BCUT2D eigenvalue weighted by atomic mass is 35.5. The lowest BCUT2D eigenvalue weighted by Crippen LogP contribution is -2.59. The molecule has 7 N–H and O–H groups in total. The topological polar surface area (TPSA) is 272 Å². The lowest BCUT2D eigenvalue weighted by molar-refractivity contribution is -0.144. The van der Waals surface area contributed by atoms with E-state index in [0.29, 0.717) is 24.1 Å². The van der Waals surface area contributed by atoms with E-state index in [-0.39, 0.29) is 81.4 Å². The Bertz CT molecular complexity index is 2700. The highest BCUT2D eigenvalue weighted by Gasteiger charge is 2.46. The predicted octanol–water partition coefficient (Wildman–Crippen LogP) is 5.22. The van der Waals surface area contributed by atoms with Crippen LogP contribution in [0.2, 0.25) is 5.02 Å². The number of hydrogen-bond donors (Lipinski definition) is 6. The van der Waals surface area contributed by atoms with Crippen LogP contribution < -0.4 is 31.7 Å². The van der Waals surface area contributed by atoms with Crippen LogP contribution in [0.5, 0.6) is 5.75 Å². The van der Waals surface area contributed by atoms with Crippen LogP contribution in [0.15, 0.2) is 59.7 Å². The summed E-state index contributed by atoms with van der Waals surface area (Å²) in [6, 6.07) is 7.65. The molecule has 3 aliphatic rings. The summed E-state index contributed by atoms with van der Waals surface area (Å²) in [4.78, 5) is 117. The number of fused-ring (bicyclic) bond motifs is 1. The Morgan fingerprint density at radius 1 is 0.948 bits per heavy atom. The van der Waals surface area contributed by atoms with Gasteiger partial charge < -0.3 is 56.3 Å². The van der Waals surface area contributed by atoms with E-state index in [1.54, 1.807) is 61.9 Å². The maximum atomic E-state index is 14.3. The molecule has 0 saturated carbocycles. The molecule has 0 aliphatic carbocycles. The molecule has 77 heavy (non-hydrogen) atoms. The van der Waals surface area contributed by atoms with Gasteiger partial charge in [0.1, 0.15) is 42.1 Å². The van der Waals surface area contributed by atoms with Gasteiger partial charge in [0.25, 0.3) is 5.91 Å². The molecule has 0 spiro atoms. The normalized spacial score (nSPS) is 19.9. The monoisotopic (exact) mass is 1100 g/mol. The second kappa shape index (κ2) is 25.7. The molecule has 3 aromatic rings. The third kappa shape index (κ3) is 16.0. The number of rotatable bonds is 19. The summed E-state index contributed by atoms with van der Waals surface area (Å²) in [5.41, 5.74) is 9.70. The van der Waals surface area contributed by atoms with Crippen LogP contribution >= 0.6 is 22.9 Å². The molecule has 2 aromatic carbocycles. The molecule has 2 saturated heterocycles. The Morgan fingerprint density at radius 2 is 1.65 bits per heavy atom. The first kappa shape index (κ1) is 59.7. The van der Waals surface area contributed by atoms with Crippen LogP contribution in [-0.2, 0) is 44.7 Å². The largest absolute Gasteiger partial charge is 0.490 e. The summed E-state index contributed by atoms with van der Waals surface area (Å²) in [6.07, 6.45) is 1.18. The maximum absolute atomic E-state index is 14.3. The Hall–Kier alpha value is -6.58. The number of alkyl carbamates (subject to hydrolysis) is 1. The Balaban J connectivity index is 1.04. The van der Waals surface area contributed by atoms with E-state index in [0.717, 1.165) is 21.7 Å².